The first kappa shape index (κ1) is 15.0. The largest absolute Gasteiger partial charge is 0.491 e. The van der Waals surface area contributed by atoms with E-state index in [-0.39, 0.29) is 24.8 Å². The zero-order valence-corrected chi connectivity index (χ0v) is 12.4. The second kappa shape index (κ2) is 6.87. The van der Waals surface area contributed by atoms with Crippen molar-refractivity contribution < 1.29 is 14.3 Å². The molecular formula is C16H16N4O3. The molecule has 23 heavy (non-hydrogen) atoms. The lowest BCUT2D eigenvalue weighted by Crippen LogP contribution is -2.40. The van der Waals surface area contributed by atoms with Crippen molar-refractivity contribution >= 4 is 17.5 Å². The fourth-order valence-electron chi connectivity index (χ4n) is 2.30. The van der Waals surface area contributed by atoms with Crippen LogP contribution in [-0.2, 0) is 16.1 Å². The third-order valence-corrected chi connectivity index (χ3v) is 3.44. The first-order chi connectivity index (χ1) is 11.2. The van der Waals surface area contributed by atoms with Crippen LogP contribution in [0, 0.1) is 0 Å². The van der Waals surface area contributed by atoms with Crippen molar-refractivity contribution in [1.29, 1.82) is 0 Å². The minimum absolute atomic E-state index is 0.0513. The Balaban J connectivity index is 1.68. The molecule has 1 aromatic heterocycles. The van der Waals surface area contributed by atoms with Crippen molar-refractivity contribution in [2.45, 2.75) is 13.0 Å². The van der Waals surface area contributed by atoms with Crippen LogP contribution in [0.5, 0.6) is 5.75 Å². The summed E-state index contributed by atoms with van der Waals surface area (Å²) < 4.78 is 5.55. The first-order valence-electron chi connectivity index (χ1n) is 7.28. The van der Waals surface area contributed by atoms with Crippen LogP contribution in [0.2, 0.25) is 0 Å². The molecular weight excluding hydrogens is 296 g/mol. The number of carbonyl (C=O) groups is 2. The molecule has 0 saturated heterocycles. The maximum absolute atomic E-state index is 12.2. The number of para-hydroxylation sites is 2. The summed E-state index contributed by atoms with van der Waals surface area (Å²) in [5.41, 5.74) is 1.33. The van der Waals surface area contributed by atoms with E-state index in [2.05, 4.69) is 15.3 Å². The van der Waals surface area contributed by atoms with E-state index in [0.717, 1.165) is 0 Å². The lowest BCUT2D eigenvalue weighted by Gasteiger charge is -2.21. The summed E-state index contributed by atoms with van der Waals surface area (Å²) >= 11 is 0. The number of nitrogens with one attached hydrogen (secondary N) is 1. The molecule has 3 rings (SSSR count). The van der Waals surface area contributed by atoms with Gasteiger partial charge in [0.05, 0.1) is 31.0 Å². The van der Waals surface area contributed by atoms with Crippen LogP contribution in [0.15, 0.2) is 42.9 Å². The lowest BCUT2D eigenvalue weighted by atomic mass is 10.2. The predicted molar refractivity (Wildman–Crippen MR) is 82.8 cm³/mol. The van der Waals surface area contributed by atoms with Crippen molar-refractivity contribution in [1.82, 2.24) is 15.3 Å². The lowest BCUT2D eigenvalue weighted by molar-refractivity contribution is -0.124. The van der Waals surface area contributed by atoms with Crippen LogP contribution in [0.1, 0.15) is 12.1 Å². The number of fused-ring (bicyclic) bond motifs is 1. The van der Waals surface area contributed by atoms with Gasteiger partial charge < -0.3 is 10.1 Å². The molecule has 0 radical (unpaired) electrons. The molecule has 0 spiro atoms. The van der Waals surface area contributed by atoms with E-state index in [1.165, 1.54) is 11.2 Å². The Kier molecular flexibility index (Phi) is 4.46. The molecule has 7 nitrogen and oxygen atoms in total. The zero-order valence-electron chi connectivity index (χ0n) is 12.4. The first-order valence-corrected chi connectivity index (χ1v) is 7.28. The van der Waals surface area contributed by atoms with Gasteiger partial charge in [-0.2, -0.15) is 0 Å². The topological polar surface area (TPSA) is 84.4 Å². The fraction of sp³-hybridized carbons (Fsp3) is 0.250. The number of nitrogens with zero attached hydrogens (tertiary/aromatic N) is 3. The van der Waals surface area contributed by atoms with Crippen molar-refractivity contribution in [2.24, 2.45) is 0 Å². The molecule has 118 valence electrons. The average molecular weight is 312 g/mol. The highest BCUT2D eigenvalue weighted by atomic mass is 16.5. The van der Waals surface area contributed by atoms with Crippen molar-refractivity contribution in [3.05, 3.63) is 48.5 Å². The van der Waals surface area contributed by atoms with E-state index in [0.29, 0.717) is 30.3 Å². The molecule has 0 atom stereocenters. The molecule has 7 heteroatoms. The molecule has 1 N–H and O–H groups in total. The monoisotopic (exact) mass is 312 g/mol. The van der Waals surface area contributed by atoms with Crippen LogP contribution >= 0.6 is 0 Å². The molecule has 0 saturated carbocycles. The molecule has 0 fully saturated rings. The van der Waals surface area contributed by atoms with E-state index < -0.39 is 0 Å². The third kappa shape index (κ3) is 3.63. The van der Waals surface area contributed by atoms with Gasteiger partial charge in [0.25, 0.3) is 0 Å². The van der Waals surface area contributed by atoms with Crippen molar-refractivity contribution in [2.75, 3.05) is 18.1 Å². The van der Waals surface area contributed by atoms with Gasteiger partial charge in [-0.15, -0.1) is 0 Å². The smallest absolute Gasteiger partial charge is 0.240 e. The number of hydrogen-bond acceptors (Lipinski definition) is 5. The molecule has 2 aromatic rings. The highest BCUT2D eigenvalue weighted by Crippen LogP contribution is 2.30. The van der Waals surface area contributed by atoms with Gasteiger partial charge in [0.2, 0.25) is 11.8 Å². The van der Waals surface area contributed by atoms with Crippen molar-refractivity contribution in [3.8, 4) is 5.75 Å². The second-order valence-electron chi connectivity index (χ2n) is 5.02. The summed E-state index contributed by atoms with van der Waals surface area (Å²) in [6.45, 7) is 0.556. The Bertz CT molecular complexity index is 705. The molecule has 1 aliphatic heterocycles. The summed E-state index contributed by atoms with van der Waals surface area (Å²) in [5, 5.41) is 2.75. The number of benzene rings is 1. The maximum atomic E-state index is 12.2. The number of amides is 2. The van der Waals surface area contributed by atoms with Gasteiger partial charge >= 0.3 is 0 Å². The van der Waals surface area contributed by atoms with Crippen LogP contribution in [-0.4, -0.2) is 34.9 Å². The molecule has 1 aromatic carbocycles. The molecule has 1 aliphatic rings. The highest BCUT2D eigenvalue weighted by molar-refractivity contribution is 6.00. The third-order valence-electron chi connectivity index (χ3n) is 3.44. The fourth-order valence-corrected chi connectivity index (χ4v) is 2.30. The van der Waals surface area contributed by atoms with E-state index in [4.69, 9.17) is 4.74 Å². The molecule has 0 aliphatic carbocycles. The highest BCUT2D eigenvalue weighted by Gasteiger charge is 2.24. The Morgan fingerprint density at radius 1 is 1.30 bits per heavy atom. The average Bonchev–Trinajstić information content (AvgIpc) is 2.74. The van der Waals surface area contributed by atoms with Gasteiger partial charge in [-0.3, -0.25) is 14.5 Å². The summed E-state index contributed by atoms with van der Waals surface area (Å²) in [4.78, 5) is 33.7. The standard InChI is InChI=1S/C16H16N4O3/c21-15(18-9-12-5-7-17-11-19-12)10-20-13-3-1-2-4-14(13)23-8-6-16(20)22/h1-5,7,11H,6,8-10H2,(H,18,21). The van der Waals surface area contributed by atoms with E-state index in [1.54, 1.807) is 24.4 Å². The predicted octanol–water partition coefficient (Wildman–Crippen LogP) is 0.908. The van der Waals surface area contributed by atoms with Gasteiger partial charge in [-0.25, -0.2) is 9.97 Å². The molecule has 2 heterocycles. The summed E-state index contributed by atoms with van der Waals surface area (Å²) in [7, 11) is 0. The van der Waals surface area contributed by atoms with E-state index in [1.807, 2.05) is 12.1 Å². The normalized spacial score (nSPS) is 13.7. The summed E-state index contributed by atoms with van der Waals surface area (Å²) in [5.74, 6) is 0.225. The van der Waals surface area contributed by atoms with Crippen LogP contribution in [0.3, 0.4) is 0 Å². The summed E-state index contributed by atoms with van der Waals surface area (Å²) in [6.07, 6.45) is 3.28. The number of rotatable bonds is 4. The van der Waals surface area contributed by atoms with Crippen LogP contribution < -0.4 is 15.0 Å². The minimum Gasteiger partial charge on any atom is -0.491 e. The molecule has 2 amide bonds. The SMILES string of the molecule is O=C(CN1C(=O)CCOc2ccccc21)NCc1ccncn1. The molecule has 0 bridgehead atoms. The Morgan fingerprint density at radius 3 is 3.00 bits per heavy atom. The summed E-state index contributed by atoms with van der Waals surface area (Å²) in [6, 6.07) is 8.94. The van der Waals surface area contributed by atoms with E-state index in [9.17, 15) is 9.59 Å². The number of aromatic nitrogens is 2. The number of hydrogen-bond donors (Lipinski definition) is 1. The van der Waals surface area contributed by atoms with Gasteiger partial charge in [-0.1, -0.05) is 12.1 Å². The van der Waals surface area contributed by atoms with Gasteiger partial charge in [0.15, 0.2) is 0 Å². The van der Waals surface area contributed by atoms with Crippen LogP contribution in [0.4, 0.5) is 5.69 Å². The Hall–Kier alpha value is -2.96. The Labute approximate surface area is 133 Å². The van der Waals surface area contributed by atoms with Gasteiger partial charge in [0, 0.05) is 6.20 Å². The maximum Gasteiger partial charge on any atom is 0.240 e. The minimum atomic E-state index is -0.256. The number of carbonyl (C=O) groups excluding carboxylic acids is 2. The number of ether oxygens (including phenoxy) is 1. The van der Waals surface area contributed by atoms with Crippen LogP contribution in [0.25, 0.3) is 0 Å². The van der Waals surface area contributed by atoms with Gasteiger partial charge in [-0.05, 0) is 18.2 Å². The Morgan fingerprint density at radius 2 is 2.17 bits per heavy atom. The number of anilines is 1. The molecule has 0 unspecified atom stereocenters. The van der Waals surface area contributed by atoms with E-state index >= 15 is 0 Å². The van der Waals surface area contributed by atoms with Crippen molar-refractivity contribution in [3.63, 3.8) is 0 Å². The van der Waals surface area contributed by atoms with Gasteiger partial charge in [0.1, 0.15) is 18.6 Å². The zero-order chi connectivity index (χ0) is 16.1. The quantitative estimate of drug-likeness (QED) is 0.907. The second-order valence-corrected chi connectivity index (χ2v) is 5.02.